The molecule has 0 unspecified atom stereocenters. The average Bonchev–Trinajstić information content (AvgIpc) is 2.59. The van der Waals surface area contributed by atoms with Crippen LogP contribution in [-0.4, -0.2) is 18.1 Å². The Bertz CT molecular complexity index is 333. The molecule has 0 spiro atoms. The Morgan fingerprint density at radius 2 is 2.06 bits per heavy atom. The molecule has 1 saturated carbocycles. The number of nitrogens with zero attached hydrogens (tertiary/aromatic N) is 1. The van der Waals surface area contributed by atoms with Crippen molar-refractivity contribution in [3.63, 3.8) is 0 Å². The molecule has 1 aliphatic carbocycles. The molecule has 1 heterocycles. The summed E-state index contributed by atoms with van der Waals surface area (Å²) in [6, 6.07) is 4.07. The van der Waals surface area contributed by atoms with Crippen molar-refractivity contribution in [2.45, 2.75) is 51.2 Å². The zero-order chi connectivity index (χ0) is 11.9. The maximum atomic E-state index is 5.98. The van der Waals surface area contributed by atoms with E-state index in [1.165, 1.54) is 44.1 Å². The van der Waals surface area contributed by atoms with E-state index in [4.69, 9.17) is 4.74 Å². The summed E-state index contributed by atoms with van der Waals surface area (Å²) in [5, 5.41) is 3.14. The molecule has 1 aromatic rings. The van der Waals surface area contributed by atoms with Crippen molar-refractivity contribution >= 4 is 0 Å². The molecule has 1 aliphatic rings. The third-order valence-electron chi connectivity index (χ3n) is 3.27. The van der Waals surface area contributed by atoms with Crippen LogP contribution in [0, 0.1) is 0 Å². The Morgan fingerprint density at radius 3 is 2.76 bits per heavy atom. The van der Waals surface area contributed by atoms with E-state index in [9.17, 15) is 0 Å². The van der Waals surface area contributed by atoms with Crippen molar-refractivity contribution in [2.75, 3.05) is 7.05 Å². The molecular formula is C14H22N2O. The lowest BCUT2D eigenvalue weighted by molar-refractivity contribution is 0.176. The monoisotopic (exact) mass is 234 g/mol. The molecule has 2 rings (SSSR count). The second-order valence-corrected chi connectivity index (χ2v) is 4.76. The summed E-state index contributed by atoms with van der Waals surface area (Å²) in [4.78, 5) is 4.30. The van der Waals surface area contributed by atoms with Gasteiger partial charge in [0.25, 0.3) is 0 Å². The number of hydrogen-bond acceptors (Lipinski definition) is 3. The third kappa shape index (κ3) is 4.00. The van der Waals surface area contributed by atoms with Gasteiger partial charge < -0.3 is 10.1 Å². The van der Waals surface area contributed by atoms with Crippen LogP contribution in [0.1, 0.15) is 44.1 Å². The van der Waals surface area contributed by atoms with Crippen LogP contribution in [0.3, 0.4) is 0 Å². The summed E-state index contributed by atoms with van der Waals surface area (Å²) in [6.45, 7) is 0.865. The Kier molecular flexibility index (Phi) is 4.80. The average molecular weight is 234 g/mol. The van der Waals surface area contributed by atoms with Gasteiger partial charge in [-0.2, -0.15) is 0 Å². The summed E-state index contributed by atoms with van der Waals surface area (Å²) in [7, 11) is 1.95. The van der Waals surface area contributed by atoms with Gasteiger partial charge in [-0.05, 0) is 44.4 Å². The van der Waals surface area contributed by atoms with Gasteiger partial charge in [0, 0.05) is 18.8 Å². The first-order chi connectivity index (χ1) is 8.38. The van der Waals surface area contributed by atoms with E-state index in [0.29, 0.717) is 6.10 Å². The van der Waals surface area contributed by atoms with Crippen molar-refractivity contribution < 1.29 is 4.74 Å². The van der Waals surface area contributed by atoms with E-state index < -0.39 is 0 Å². The molecule has 0 bridgehead atoms. The first-order valence-electron chi connectivity index (χ1n) is 6.64. The largest absolute Gasteiger partial charge is 0.474 e. The van der Waals surface area contributed by atoms with Gasteiger partial charge in [0.05, 0.1) is 0 Å². The highest BCUT2D eigenvalue weighted by Crippen LogP contribution is 2.22. The molecule has 3 heteroatoms. The smallest absolute Gasteiger partial charge is 0.213 e. The van der Waals surface area contributed by atoms with Gasteiger partial charge in [-0.3, -0.25) is 0 Å². The quantitative estimate of drug-likeness (QED) is 0.813. The topological polar surface area (TPSA) is 34.2 Å². The Labute approximate surface area is 104 Å². The molecule has 0 radical (unpaired) electrons. The van der Waals surface area contributed by atoms with Crippen LogP contribution in [0.15, 0.2) is 18.3 Å². The van der Waals surface area contributed by atoms with E-state index in [1.807, 2.05) is 25.4 Å². The highest BCUT2D eigenvalue weighted by molar-refractivity contribution is 5.20. The Morgan fingerprint density at radius 1 is 1.29 bits per heavy atom. The fourth-order valence-corrected chi connectivity index (χ4v) is 2.36. The second-order valence-electron chi connectivity index (χ2n) is 4.76. The van der Waals surface area contributed by atoms with Crippen LogP contribution in [0.4, 0.5) is 0 Å². The molecule has 0 amide bonds. The van der Waals surface area contributed by atoms with Crippen LogP contribution < -0.4 is 10.1 Å². The first kappa shape index (κ1) is 12.4. The number of pyridine rings is 1. The van der Waals surface area contributed by atoms with E-state index in [1.54, 1.807) is 0 Å². The zero-order valence-corrected chi connectivity index (χ0v) is 10.6. The highest BCUT2D eigenvalue weighted by Gasteiger charge is 2.14. The van der Waals surface area contributed by atoms with Crippen molar-refractivity contribution in [3.8, 4) is 5.88 Å². The lowest BCUT2D eigenvalue weighted by Gasteiger charge is -2.16. The Hall–Kier alpha value is -1.09. The molecule has 0 aromatic carbocycles. The lowest BCUT2D eigenvalue weighted by atomic mass is 10.1. The van der Waals surface area contributed by atoms with Crippen molar-refractivity contribution in [2.24, 2.45) is 0 Å². The highest BCUT2D eigenvalue weighted by atomic mass is 16.5. The number of rotatable bonds is 4. The molecule has 1 N–H and O–H groups in total. The minimum atomic E-state index is 0.370. The zero-order valence-electron chi connectivity index (χ0n) is 10.6. The van der Waals surface area contributed by atoms with Crippen molar-refractivity contribution in [1.29, 1.82) is 0 Å². The predicted molar refractivity (Wildman–Crippen MR) is 69.1 cm³/mol. The van der Waals surface area contributed by atoms with Gasteiger partial charge >= 0.3 is 0 Å². The van der Waals surface area contributed by atoms with Crippen molar-refractivity contribution in [3.05, 3.63) is 23.9 Å². The van der Waals surface area contributed by atoms with Crippen molar-refractivity contribution in [1.82, 2.24) is 10.3 Å². The van der Waals surface area contributed by atoms with Gasteiger partial charge in [-0.1, -0.05) is 12.8 Å². The lowest BCUT2D eigenvalue weighted by Crippen LogP contribution is -2.16. The molecular weight excluding hydrogens is 212 g/mol. The van der Waals surface area contributed by atoms with E-state index in [0.717, 1.165) is 12.4 Å². The fourth-order valence-electron chi connectivity index (χ4n) is 2.36. The van der Waals surface area contributed by atoms with Gasteiger partial charge in [0.15, 0.2) is 0 Å². The normalized spacial score (nSPS) is 17.7. The fraction of sp³-hybridized carbons (Fsp3) is 0.643. The second kappa shape index (κ2) is 6.60. The maximum Gasteiger partial charge on any atom is 0.213 e. The SMILES string of the molecule is CNCc1ccnc(OC2CCCCCC2)c1. The van der Waals surface area contributed by atoms with Crippen LogP contribution in [0.25, 0.3) is 0 Å². The molecule has 3 nitrogen and oxygen atoms in total. The maximum absolute atomic E-state index is 5.98. The van der Waals surface area contributed by atoms with E-state index in [-0.39, 0.29) is 0 Å². The van der Waals surface area contributed by atoms with Crippen LogP contribution in [-0.2, 0) is 6.54 Å². The standard InChI is InChI=1S/C14H22N2O/c1-15-11-12-8-9-16-14(10-12)17-13-6-4-2-3-5-7-13/h8-10,13,15H,2-7,11H2,1H3. The van der Waals surface area contributed by atoms with Gasteiger partial charge in [-0.15, -0.1) is 0 Å². The minimum absolute atomic E-state index is 0.370. The Balaban J connectivity index is 1.94. The summed E-state index contributed by atoms with van der Waals surface area (Å²) < 4.78 is 5.98. The van der Waals surface area contributed by atoms with Gasteiger partial charge in [0.1, 0.15) is 6.10 Å². The predicted octanol–water partition coefficient (Wildman–Crippen LogP) is 2.90. The molecule has 94 valence electrons. The van der Waals surface area contributed by atoms with Gasteiger partial charge in [0.2, 0.25) is 5.88 Å². The van der Waals surface area contributed by atoms with E-state index >= 15 is 0 Å². The molecule has 17 heavy (non-hydrogen) atoms. The molecule has 1 aromatic heterocycles. The summed E-state index contributed by atoms with van der Waals surface area (Å²) in [5.41, 5.74) is 1.23. The first-order valence-corrected chi connectivity index (χ1v) is 6.64. The van der Waals surface area contributed by atoms with E-state index in [2.05, 4.69) is 10.3 Å². The molecule has 0 saturated heterocycles. The van der Waals surface area contributed by atoms with Gasteiger partial charge in [-0.25, -0.2) is 4.98 Å². The van der Waals surface area contributed by atoms with Crippen LogP contribution in [0.2, 0.25) is 0 Å². The minimum Gasteiger partial charge on any atom is -0.474 e. The van der Waals surface area contributed by atoms with Crippen LogP contribution in [0.5, 0.6) is 5.88 Å². The number of ether oxygens (including phenoxy) is 1. The molecule has 1 fully saturated rings. The third-order valence-corrected chi connectivity index (χ3v) is 3.27. The summed E-state index contributed by atoms with van der Waals surface area (Å²) in [5.74, 6) is 0.782. The summed E-state index contributed by atoms with van der Waals surface area (Å²) in [6.07, 6.45) is 9.85. The number of aromatic nitrogens is 1. The molecule has 0 aliphatic heterocycles. The summed E-state index contributed by atoms with van der Waals surface area (Å²) >= 11 is 0. The number of hydrogen-bond donors (Lipinski definition) is 1. The molecule has 0 atom stereocenters. The van der Waals surface area contributed by atoms with Crippen LogP contribution >= 0.6 is 0 Å². The number of nitrogens with one attached hydrogen (secondary N) is 1.